The number of nitrogens with zero attached hydrogens (tertiary/aromatic N) is 2. The summed E-state index contributed by atoms with van der Waals surface area (Å²) in [6, 6.07) is 12.5. The second kappa shape index (κ2) is 7.96. The summed E-state index contributed by atoms with van der Waals surface area (Å²) >= 11 is 0. The minimum absolute atomic E-state index is 0.256. The summed E-state index contributed by atoms with van der Waals surface area (Å²) < 4.78 is 7.46. The molecule has 0 bridgehead atoms. The summed E-state index contributed by atoms with van der Waals surface area (Å²) in [6.07, 6.45) is 2.94. The van der Waals surface area contributed by atoms with Gasteiger partial charge in [-0.1, -0.05) is 6.07 Å². The lowest BCUT2D eigenvalue weighted by Crippen LogP contribution is -2.41. The van der Waals surface area contributed by atoms with Gasteiger partial charge in [-0.3, -0.25) is 23.5 Å². The summed E-state index contributed by atoms with van der Waals surface area (Å²) in [7, 11) is 1.56. The Balaban J connectivity index is 1.81. The van der Waals surface area contributed by atoms with Gasteiger partial charge in [0, 0.05) is 23.8 Å². The van der Waals surface area contributed by atoms with Crippen molar-refractivity contribution in [2.45, 2.75) is 20.4 Å². The number of carbonyl (C=O) groups excluding carboxylic acids is 1. The standard InChI is InChI=1S/C21H21N3O4/c1-14-10-15(2)12-17(11-14)24-9-8-23(20(26)21(24)27)13-19(25)22-16-4-6-18(28-3)7-5-16/h4-12H,13H2,1-3H3,(H,22,25). The molecule has 1 amide bonds. The number of hydrogen-bond donors (Lipinski definition) is 1. The lowest BCUT2D eigenvalue weighted by Gasteiger charge is -2.11. The van der Waals surface area contributed by atoms with Gasteiger partial charge in [-0.2, -0.15) is 0 Å². The van der Waals surface area contributed by atoms with Crippen molar-refractivity contribution < 1.29 is 9.53 Å². The van der Waals surface area contributed by atoms with Crippen molar-refractivity contribution in [3.8, 4) is 11.4 Å². The van der Waals surface area contributed by atoms with Crippen LogP contribution < -0.4 is 21.2 Å². The van der Waals surface area contributed by atoms with Crippen LogP contribution in [-0.4, -0.2) is 22.2 Å². The number of benzene rings is 2. The third-order valence-corrected chi connectivity index (χ3v) is 4.23. The molecule has 7 heteroatoms. The Morgan fingerprint density at radius 2 is 1.61 bits per heavy atom. The van der Waals surface area contributed by atoms with Crippen LogP contribution in [0.15, 0.2) is 64.4 Å². The largest absolute Gasteiger partial charge is 0.497 e. The zero-order valence-electron chi connectivity index (χ0n) is 15.9. The van der Waals surface area contributed by atoms with Gasteiger partial charge in [0.15, 0.2) is 0 Å². The van der Waals surface area contributed by atoms with Crippen molar-refractivity contribution in [1.29, 1.82) is 0 Å². The van der Waals surface area contributed by atoms with Crippen LogP contribution in [0.5, 0.6) is 5.75 Å². The second-order valence-corrected chi connectivity index (χ2v) is 6.53. The van der Waals surface area contributed by atoms with Gasteiger partial charge in [-0.25, -0.2) is 0 Å². The fraction of sp³-hybridized carbons (Fsp3) is 0.190. The molecule has 1 N–H and O–H groups in total. The molecule has 1 heterocycles. The van der Waals surface area contributed by atoms with E-state index in [4.69, 9.17) is 4.74 Å². The zero-order valence-corrected chi connectivity index (χ0v) is 15.9. The molecule has 0 atom stereocenters. The summed E-state index contributed by atoms with van der Waals surface area (Å²) in [4.78, 5) is 37.2. The number of ether oxygens (including phenoxy) is 1. The summed E-state index contributed by atoms with van der Waals surface area (Å²) in [5, 5.41) is 2.69. The molecule has 0 spiro atoms. The smallest absolute Gasteiger partial charge is 0.320 e. The number of aromatic nitrogens is 2. The number of rotatable bonds is 5. The number of nitrogens with one attached hydrogen (secondary N) is 1. The lowest BCUT2D eigenvalue weighted by atomic mass is 10.1. The third kappa shape index (κ3) is 4.20. The molecule has 7 nitrogen and oxygen atoms in total. The SMILES string of the molecule is COc1ccc(NC(=O)Cn2ccn(-c3cc(C)cc(C)c3)c(=O)c2=O)cc1. The first-order valence-corrected chi connectivity index (χ1v) is 8.72. The highest BCUT2D eigenvalue weighted by atomic mass is 16.5. The Morgan fingerprint density at radius 3 is 2.21 bits per heavy atom. The minimum Gasteiger partial charge on any atom is -0.497 e. The molecule has 0 aliphatic rings. The number of hydrogen-bond acceptors (Lipinski definition) is 4. The Kier molecular flexibility index (Phi) is 5.44. The quantitative estimate of drug-likeness (QED) is 0.690. The second-order valence-electron chi connectivity index (χ2n) is 6.53. The maximum Gasteiger partial charge on any atom is 0.320 e. The Hall–Kier alpha value is -3.61. The van der Waals surface area contributed by atoms with Crippen LogP contribution in [0.25, 0.3) is 5.69 Å². The molecule has 0 unspecified atom stereocenters. The first-order valence-electron chi connectivity index (χ1n) is 8.72. The minimum atomic E-state index is -0.758. The molecule has 1 aromatic heterocycles. The Morgan fingerprint density at radius 1 is 0.964 bits per heavy atom. The van der Waals surface area contributed by atoms with Crippen molar-refractivity contribution in [3.63, 3.8) is 0 Å². The van der Waals surface area contributed by atoms with Crippen molar-refractivity contribution in [2.24, 2.45) is 0 Å². The number of carbonyl (C=O) groups is 1. The van der Waals surface area contributed by atoms with Crippen molar-refractivity contribution in [3.05, 3.63) is 86.7 Å². The molecule has 0 aliphatic heterocycles. The van der Waals surface area contributed by atoms with Crippen molar-refractivity contribution in [1.82, 2.24) is 9.13 Å². The molecule has 3 rings (SSSR count). The van der Waals surface area contributed by atoms with E-state index < -0.39 is 17.0 Å². The van der Waals surface area contributed by atoms with E-state index in [1.54, 1.807) is 31.4 Å². The molecular weight excluding hydrogens is 358 g/mol. The van der Waals surface area contributed by atoms with Gasteiger partial charge in [-0.15, -0.1) is 0 Å². The van der Waals surface area contributed by atoms with Crippen LogP contribution >= 0.6 is 0 Å². The Labute approximate surface area is 161 Å². The van der Waals surface area contributed by atoms with Crippen LogP contribution in [0.2, 0.25) is 0 Å². The van der Waals surface area contributed by atoms with E-state index in [-0.39, 0.29) is 6.54 Å². The van der Waals surface area contributed by atoms with Crippen LogP contribution in [0.1, 0.15) is 11.1 Å². The number of aryl methyl sites for hydroxylation is 2. The third-order valence-electron chi connectivity index (χ3n) is 4.23. The summed E-state index contributed by atoms with van der Waals surface area (Å²) in [5.74, 6) is 0.264. The van der Waals surface area contributed by atoms with E-state index in [0.717, 1.165) is 15.7 Å². The molecule has 0 saturated heterocycles. The molecule has 3 aromatic rings. The van der Waals surface area contributed by atoms with Crippen LogP contribution in [-0.2, 0) is 11.3 Å². The van der Waals surface area contributed by atoms with Gasteiger partial charge in [0.05, 0.1) is 7.11 Å². The summed E-state index contributed by atoms with van der Waals surface area (Å²) in [5.41, 5.74) is 1.71. The van der Waals surface area contributed by atoms with Crippen LogP contribution in [0, 0.1) is 13.8 Å². The monoisotopic (exact) mass is 379 g/mol. The number of anilines is 1. The van der Waals surface area contributed by atoms with E-state index in [0.29, 0.717) is 17.1 Å². The topological polar surface area (TPSA) is 82.3 Å². The molecular formula is C21H21N3O4. The average Bonchev–Trinajstić information content (AvgIpc) is 2.65. The van der Waals surface area contributed by atoms with Gasteiger partial charge in [0.25, 0.3) is 0 Å². The van der Waals surface area contributed by atoms with Gasteiger partial charge < -0.3 is 10.1 Å². The van der Waals surface area contributed by atoms with Crippen molar-refractivity contribution >= 4 is 11.6 Å². The highest BCUT2D eigenvalue weighted by molar-refractivity contribution is 5.90. The maximum absolute atomic E-state index is 12.5. The molecule has 2 aromatic carbocycles. The zero-order chi connectivity index (χ0) is 20.3. The Bertz CT molecular complexity index is 1110. The predicted molar refractivity (Wildman–Crippen MR) is 107 cm³/mol. The highest BCUT2D eigenvalue weighted by Crippen LogP contribution is 2.15. The lowest BCUT2D eigenvalue weighted by molar-refractivity contribution is -0.116. The van der Waals surface area contributed by atoms with E-state index in [2.05, 4.69) is 5.32 Å². The molecule has 144 valence electrons. The van der Waals surface area contributed by atoms with E-state index in [9.17, 15) is 14.4 Å². The molecule has 0 fully saturated rings. The van der Waals surface area contributed by atoms with Gasteiger partial charge in [-0.05, 0) is 61.4 Å². The average molecular weight is 379 g/mol. The van der Waals surface area contributed by atoms with Crippen LogP contribution in [0.4, 0.5) is 5.69 Å². The molecule has 0 aliphatic carbocycles. The molecule has 28 heavy (non-hydrogen) atoms. The van der Waals surface area contributed by atoms with E-state index in [1.165, 1.54) is 17.0 Å². The maximum atomic E-state index is 12.5. The molecule has 0 radical (unpaired) electrons. The van der Waals surface area contributed by atoms with E-state index in [1.807, 2.05) is 32.0 Å². The number of methoxy groups -OCH3 is 1. The normalized spacial score (nSPS) is 10.5. The molecule has 0 saturated carbocycles. The predicted octanol–water partition coefficient (Wildman–Crippen LogP) is 2.26. The summed E-state index contributed by atoms with van der Waals surface area (Å²) in [6.45, 7) is 3.59. The van der Waals surface area contributed by atoms with Gasteiger partial charge in [0.2, 0.25) is 5.91 Å². The van der Waals surface area contributed by atoms with Crippen LogP contribution in [0.3, 0.4) is 0 Å². The fourth-order valence-electron chi connectivity index (χ4n) is 2.96. The van der Waals surface area contributed by atoms with Crippen molar-refractivity contribution in [2.75, 3.05) is 12.4 Å². The van der Waals surface area contributed by atoms with E-state index >= 15 is 0 Å². The first-order chi connectivity index (χ1) is 13.4. The van der Waals surface area contributed by atoms with Gasteiger partial charge >= 0.3 is 11.1 Å². The van der Waals surface area contributed by atoms with Gasteiger partial charge in [0.1, 0.15) is 12.3 Å². The fourth-order valence-corrected chi connectivity index (χ4v) is 2.96. The first kappa shape index (κ1) is 19.2. The highest BCUT2D eigenvalue weighted by Gasteiger charge is 2.11. The number of amides is 1.